The summed E-state index contributed by atoms with van der Waals surface area (Å²) in [5, 5.41) is 7.80. The molecule has 0 spiro atoms. The minimum absolute atomic E-state index is 0.193. The maximum atomic E-state index is 12.6. The first-order valence-electron chi connectivity index (χ1n) is 9.32. The van der Waals surface area contributed by atoms with E-state index in [1.807, 2.05) is 12.1 Å². The van der Waals surface area contributed by atoms with Gasteiger partial charge < -0.3 is 10.1 Å². The summed E-state index contributed by atoms with van der Waals surface area (Å²) in [6.07, 6.45) is 6.58. The lowest BCUT2D eigenvalue weighted by Gasteiger charge is -2.22. The number of pyridine rings is 1. The molecule has 1 N–H and O–H groups in total. The molecule has 2 aliphatic rings. The summed E-state index contributed by atoms with van der Waals surface area (Å²) >= 11 is 0. The predicted molar refractivity (Wildman–Crippen MR) is 104 cm³/mol. The van der Waals surface area contributed by atoms with E-state index in [1.54, 1.807) is 34.1 Å². The smallest absolute Gasteiger partial charge is 0.416 e. The van der Waals surface area contributed by atoms with Gasteiger partial charge in [0.25, 0.3) is 0 Å². The number of anilines is 1. The summed E-state index contributed by atoms with van der Waals surface area (Å²) in [6, 6.07) is 5.62. The molecule has 0 radical (unpaired) electrons. The van der Waals surface area contributed by atoms with E-state index in [-0.39, 0.29) is 18.7 Å². The van der Waals surface area contributed by atoms with Crippen LogP contribution in [0.5, 0.6) is 0 Å². The summed E-state index contributed by atoms with van der Waals surface area (Å²) in [7, 11) is 0. The van der Waals surface area contributed by atoms with Crippen LogP contribution in [-0.2, 0) is 11.2 Å². The second kappa shape index (κ2) is 6.33. The molecule has 8 heteroatoms. The zero-order valence-corrected chi connectivity index (χ0v) is 15.5. The molecule has 1 fully saturated rings. The van der Waals surface area contributed by atoms with Crippen LogP contribution in [0.2, 0.25) is 0 Å². The quantitative estimate of drug-likeness (QED) is 0.649. The summed E-state index contributed by atoms with van der Waals surface area (Å²) in [5.41, 5.74) is 4.18. The third kappa shape index (κ3) is 2.60. The van der Waals surface area contributed by atoms with Gasteiger partial charge in [-0.15, -0.1) is 0 Å². The number of carbonyl (C=O) groups excluding carboxylic acids is 1. The van der Waals surface area contributed by atoms with E-state index in [1.165, 1.54) is 0 Å². The van der Waals surface area contributed by atoms with Crippen molar-refractivity contribution in [2.24, 2.45) is 0 Å². The number of aryl methyl sites for hydroxylation is 1. The van der Waals surface area contributed by atoms with E-state index < -0.39 is 6.09 Å². The van der Waals surface area contributed by atoms with E-state index in [2.05, 4.69) is 28.9 Å². The first kappa shape index (κ1) is 16.7. The molecule has 1 saturated heterocycles. The summed E-state index contributed by atoms with van der Waals surface area (Å²) in [5.74, 6) is 0.525. The van der Waals surface area contributed by atoms with Gasteiger partial charge in [0, 0.05) is 35.4 Å². The molecule has 8 nitrogen and oxygen atoms in total. The lowest BCUT2D eigenvalue weighted by atomic mass is 10.00. The van der Waals surface area contributed by atoms with Crippen molar-refractivity contribution in [1.82, 2.24) is 24.9 Å². The Bertz CT molecular complexity index is 1090. The SMILES string of the molecule is C=C1N[C@H](C)CCc2ncccc2[C@H]2COC(=O)N2c2ccn3ncc1c3n2. The Morgan fingerprint density at radius 2 is 2.25 bits per heavy atom. The lowest BCUT2D eigenvalue weighted by Crippen LogP contribution is -2.29. The van der Waals surface area contributed by atoms with Crippen molar-refractivity contribution in [3.63, 3.8) is 0 Å². The minimum Gasteiger partial charge on any atom is -0.447 e. The number of rotatable bonds is 0. The Balaban J connectivity index is 1.71. The molecular formula is C20H20N6O2. The van der Waals surface area contributed by atoms with Crippen molar-refractivity contribution in [1.29, 1.82) is 0 Å². The van der Waals surface area contributed by atoms with Crippen LogP contribution in [-0.4, -0.2) is 38.3 Å². The molecule has 0 aliphatic carbocycles. The zero-order chi connectivity index (χ0) is 19.3. The van der Waals surface area contributed by atoms with Crippen LogP contribution in [0.1, 0.15) is 36.2 Å². The van der Waals surface area contributed by atoms with Crippen molar-refractivity contribution in [3.8, 4) is 0 Å². The number of fused-ring (bicyclic) bond motifs is 5. The molecule has 3 aromatic heterocycles. The van der Waals surface area contributed by atoms with Crippen LogP contribution in [0.25, 0.3) is 11.3 Å². The number of hydrogen-bond acceptors (Lipinski definition) is 6. The fourth-order valence-corrected chi connectivity index (χ4v) is 3.87. The van der Waals surface area contributed by atoms with Gasteiger partial charge in [0.15, 0.2) is 5.65 Å². The molecule has 2 aliphatic heterocycles. The molecule has 1 amide bonds. The highest BCUT2D eigenvalue weighted by molar-refractivity contribution is 5.90. The molecule has 2 atom stereocenters. The number of amides is 1. The standard InChI is InChI=1S/C20H20N6O2/c1-12-5-6-16-14(4-3-8-21-16)17-11-28-20(27)26(17)18-7-9-25-19(24-18)15(10-22-25)13(2)23-12/h3-4,7-10,12,17,23H,2,5-6,11H2,1H3/t12-,17-/m1/s1. The van der Waals surface area contributed by atoms with Gasteiger partial charge in [-0.2, -0.15) is 5.10 Å². The molecule has 5 heterocycles. The third-order valence-corrected chi connectivity index (χ3v) is 5.32. The molecule has 3 aromatic rings. The Labute approximate surface area is 161 Å². The molecule has 5 rings (SSSR count). The molecule has 0 aromatic carbocycles. The maximum Gasteiger partial charge on any atom is 0.416 e. The zero-order valence-electron chi connectivity index (χ0n) is 15.5. The van der Waals surface area contributed by atoms with Crippen LogP contribution in [0, 0.1) is 0 Å². The van der Waals surface area contributed by atoms with E-state index >= 15 is 0 Å². The fraction of sp³-hybridized carbons (Fsp3) is 0.300. The van der Waals surface area contributed by atoms with Crippen LogP contribution < -0.4 is 10.2 Å². The summed E-state index contributed by atoms with van der Waals surface area (Å²) in [4.78, 5) is 23.5. The number of nitrogens with zero attached hydrogens (tertiary/aromatic N) is 5. The number of carbonyl (C=O) groups is 1. The Kier molecular flexibility index (Phi) is 3.78. The van der Waals surface area contributed by atoms with E-state index in [0.29, 0.717) is 11.5 Å². The Hall–Kier alpha value is -3.42. The highest BCUT2D eigenvalue weighted by Gasteiger charge is 2.38. The molecule has 0 saturated carbocycles. The van der Waals surface area contributed by atoms with Crippen molar-refractivity contribution < 1.29 is 9.53 Å². The summed E-state index contributed by atoms with van der Waals surface area (Å²) in [6.45, 7) is 6.56. The Morgan fingerprint density at radius 1 is 1.36 bits per heavy atom. The largest absolute Gasteiger partial charge is 0.447 e. The average Bonchev–Trinajstić information content (AvgIpc) is 3.29. The molecule has 28 heavy (non-hydrogen) atoms. The molecular weight excluding hydrogens is 356 g/mol. The normalized spacial score (nSPS) is 22.0. The van der Waals surface area contributed by atoms with Crippen molar-refractivity contribution in [2.45, 2.75) is 31.8 Å². The van der Waals surface area contributed by atoms with E-state index in [0.717, 1.165) is 35.4 Å². The van der Waals surface area contributed by atoms with Gasteiger partial charge in [-0.3, -0.25) is 9.88 Å². The lowest BCUT2D eigenvalue weighted by molar-refractivity contribution is 0.178. The van der Waals surface area contributed by atoms with E-state index in [9.17, 15) is 4.79 Å². The van der Waals surface area contributed by atoms with Gasteiger partial charge >= 0.3 is 6.09 Å². The maximum absolute atomic E-state index is 12.6. The minimum atomic E-state index is -0.405. The predicted octanol–water partition coefficient (Wildman–Crippen LogP) is 2.72. The van der Waals surface area contributed by atoms with Crippen molar-refractivity contribution in [3.05, 3.63) is 60.2 Å². The van der Waals surface area contributed by atoms with Gasteiger partial charge in [-0.05, 0) is 31.9 Å². The first-order chi connectivity index (χ1) is 13.6. The highest BCUT2D eigenvalue weighted by Crippen LogP contribution is 2.34. The number of hydrogen-bond donors (Lipinski definition) is 1. The fourth-order valence-electron chi connectivity index (χ4n) is 3.87. The van der Waals surface area contributed by atoms with Crippen LogP contribution in [0.3, 0.4) is 0 Å². The molecule has 142 valence electrons. The van der Waals surface area contributed by atoms with Crippen LogP contribution in [0.4, 0.5) is 10.6 Å². The third-order valence-electron chi connectivity index (χ3n) is 5.32. The number of nitrogens with one attached hydrogen (secondary N) is 1. The monoisotopic (exact) mass is 376 g/mol. The Morgan fingerprint density at radius 3 is 3.14 bits per heavy atom. The number of aromatic nitrogens is 4. The summed E-state index contributed by atoms with van der Waals surface area (Å²) < 4.78 is 7.08. The van der Waals surface area contributed by atoms with Crippen LogP contribution >= 0.6 is 0 Å². The molecule has 2 bridgehead atoms. The van der Waals surface area contributed by atoms with Crippen LogP contribution in [0.15, 0.2) is 43.4 Å². The van der Waals surface area contributed by atoms with Gasteiger partial charge in [-0.25, -0.2) is 14.3 Å². The second-order valence-corrected chi connectivity index (χ2v) is 7.18. The van der Waals surface area contributed by atoms with Gasteiger partial charge in [0.2, 0.25) is 0 Å². The highest BCUT2D eigenvalue weighted by atomic mass is 16.6. The van der Waals surface area contributed by atoms with Crippen molar-refractivity contribution >= 4 is 23.3 Å². The average molecular weight is 376 g/mol. The van der Waals surface area contributed by atoms with Crippen molar-refractivity contribution in [2.75, 3.05) is 11.5 Å². The number of ether oxygens (including phenoxy) is 1. The first-order valence-corrected chi connectivity index (χ1v) is 9.32. The van der Waals surface area contributed by atoms with E-state index in [4.69, 9.17) is 9.72 Å². The van der Waals surface area contributed by atoms with Gasteiger partial charge in [-0.1, -0.05) is 12.6 Å². The number of cyclic esters (lactones) is 1. The second-order valence-electron chi connectivity index (χ2n) is 7.18. The van der Waals surface area contributed by atoms with Gasteiger partial charge in [0.1, 0.15) is 18.5 Å². The van der Waals surface area contributed by atoms with Gasteiger partial charge in [0.05, 0.1) is 11.8 Å². The topological polar surface area (TPSA) is 84.7 Å². The molecule has 0 unspecified atom stereocenters.